The standard InChI is InChI=1S/C18H38O2Si/c1-13(19)12-14-10-8-9-11-15(14)20-21-16(17(2,3)4)18(5,6)7/h13-16,19H,8-12,21H2,1-7H3. The van der Waals surface area contributed by atoms with Crippen LogP contribution in [-0.4, -0.2) is 27.1 Å². The van der Waals surface area contributed by atoms with Crippen LogP contribution in [0.25, 0.3) is 0 Å². The summed E-state index contributed by atoms with van der Waals surface area (Å²) in [5, 5.41) is 9.71. The highest BCUT2D eigenvalue weighted by atomic mass is 28.2. The van der Waals surface area contributed by atoms with E-state index in [1.165, 1.54) is 25.7 Å². The Labute approximate surface area is 135 Å². The summed E-state index contributed by atoms with van der Waals surface area (Å²) in [5.74, 6) is 0.576. The van der Waals surface area contributed by atoms with Gasteiger partial charge in [0.15, 0.2) is 9.76 Å². The van der Waals surface area contributed by atoms with Crippen LogP contribution in [0.15, 0.2) is 0 Å². The minimum atomic E-state index is -0.575. The first-order valence-electron chi connectivity index (χ1n) is 8.81. The predicted molar refractivity (Wildman–Crippen MR) is 94.3 cm³/mol. The van der Waals surface area contributed by atoms with Crippen molar-refractivity contribution in [1.82, 2.24) is 0 Å². The van der Waals surface area contributed by atoms with Gasteiger partial charge >= 0.3 is 0 Å². The molecule has 1 N–H and O–H groups in total. The summed E-state index contributed by atoms with van der Waals surface area (Å²) in [4.78, 5) is 0. The Balaban J connectivity index is 2.64. The van der Waals surface area contributed by atoms with Crippen molar-refractivity contribution in [2.24, 2.45) is 16.7 Å². The highest BCUT2D eigenvalue weighted by Crippen LogP contribution is 2.45. The SMILES string of the molecule is CC(O)CC1CCCCC1O[SiH2]C(C(C)(C)C)C(C)(C)C. The summed E-state index contributed by atoms with van der Waals surface area (Å²) in [6.45, 7) is 16.0. The lowest BCUT2D eigenvalue weighted by molar-refractivity contribution is 0.0509. The zero-order valence-corrected chi connectivity index (χ0v) is 16.8. The molecule has 0 aromatic heterocycles. The Morgan fingerprint density at radius 1 is 1.05 bits per heavy atom. The van der Waals surface area contributed by atoms with Crippen molar-refractivity contribution >= 4 is 9.76 Å². The van der Waals surface area contributed by atoms with Crippen molar-refractivity contribution in [2.75, 3.05) is 0 Å². The van der Waals surface area contributed by atoms with Crippen LogP contribution in [0.1, 0.15) is 80.6 Å². The van der Waals surface area contributed by atoms with Gasteiger partial charge in [0.2, 0.25) is 0 Å². The average molecular weight is 315 g/mol. The summed E-state index contributed by atoms with van der Waals surface area (Å²) in [7, 11) is -0.575. The molecule has 3 heteroatoms. The van der Waals surface area contributed by atoms with E-state index < -0.39 is 9.76 Å². The van der Waals surface area contributed by atoms with Crippen molar-refractivity contribution in [2.45, 2.75) is 98.3 Å². The zero-order chi connectivity index (χ0) is 16.3. The van der Waals surface area contributed by atoms with Gasteiger partial charge in [-0.05, 0) is 48.5 Å². The number of aliphatic hydroxyl groups is 1. The molecule has 3 atom stereocenters. The number of hydrogen-bond acceptors (Lipinski definition) is 2. The Morgan fingerprint density at radius 3 is 2.05 bits per heavy atom. The van der Waals surface area contributed by atoms with Gasteiger partial charge in [-0.3, -0.25) is 0 Å². The fourth-order valence-electron chi connectivity index (χ4n) is 4.12. The van der Waals surface area contributed by atoms with Crippen LogP contribution in [0.2, 0.25) is 5.54 Å². The maximum Gasteiger partial charge on any atom is 0.166 e. The summed E-state index contributed by atoms with van der Waals surface area (Å²) in [6, 6.07) is 0. The molecule has 3 unspecified atom stereocenters. The molecule has 126 valence electrons. The van der Waals surface area contributed by atoms with Gasteiger partial charge in [-0.15, -0.1) is 0 Å². The molecular weight excluding hydrogens is 276 g/mol. The van der Waals surface area contributed by atoms with E-state index in [1.54, 1.807) is 0 Å². The van der Waals surface area contributed by atoms with Crippen LogP contribution in [0.5, 0.6) is 0 Å². The minimum absolute atomic E-state index is 0.193. The third kappa shape index (κ3) is 6.41. The molecule has 0 bridgehead atoms. The third-order valence-electron chi connectivity index (χ3n) is 5.05. The van der Waals surface area contributed by atoms with Gasteiger partial charge in [0.25, 0.3) is 0 Å². The summed E-state index contributed by atoms with van der Waals surface area (Å²) >= 11 is 0. The molecule has 1 saturated carbocycles. The van der Waals surface area contributed by atoms with E-state index in [0.717, 1.165) is 6.42 Å². The van der Waals surface area contributed by atoms with Crippen molar-refractivity contribution < 1.29 is 9.53 Å². The van der Waals surface area contributed by atoms with Gasteiger partial charge in [0, 0.05) is 6.10 Å². The monoisotopic (exact) mass is 314 g/mol. The molecule has 1 fully saturated rings. The molecule has 1 aliphatic carbocycles. The van der Waals surface area contributed by atoms with E-state index in [4.69, 9.17) is 4.43 Å². The first-order chi connectivity index (χ1) is 9.51. The fourth-order valence-corrected chi connectivity index (χ4v) is 6.00. The van der Waals surface area contributed by atoms with E-state index in [-0.39, 0.29) is 6.10 Å². The van der Waals surface area contributed by atoms with Crippen LogP contribution in [0.3, 0.4) is 0 Å². The van der Waals surface area contributed by atoms with Crippen LogP contribution < -0.4 is 0 Å². The van der Waals surface area contributed by atoms with Crippen molar-refractivity contribution in [1.29, 1.82) is 0 Å². The Kier molecular flexibility index (Phi) is 6.95. The second-order valence-corrected chi connectivity index (χ2v) is 10.8. The maximum atomic E-state index is 9.71. The van der Waals surface area contributed by atoms with E-state index in [1.807, 2.05) is 6.92 Å². The van der Waals surface area contributed by atoms with Gasteiger partial charge in [0.05, 0.1) is 6.10 Å². The van der Waals surface area contributed by atoms with E-state index in [9.17, 15) is 5.11 Å². The molecule has 1 aliphatic rings. The molecule has 0 aliphatic heterocycles. The molecule has 1 rings (SSSR count). The summed E-state index contributed by atoms with van der Waals surface area (Å²) in [6.07, 6.45) is 6.17. The van der Waals surface area contributed by atoms with Crippen molar-refractivity contribution in [3.8, 4) is 0 Å². The lowest BCUT2D eigenvalue weighted by Crippen LogP contribution is -2.37. The Hall–Kier alpha value is 0.137. The van der Waals surface area contributed by atoms with Crippen molar-refractivity contribution in [3.63, 3.8) is 0 Å². The largest absolute Gasteiger partial charge is 0.421 e. The van der Waals surface area contributed by atoms with Gasteiger partial charge in [-0.2, -0.15) is 0 Å². The summed E-state index contributed by atoms with van der Waals surface area (Å²) < 4.78 is 6.54. The molecule has 0 aromatic carbocycles. The summed E-state index contributed by atoms with van der Waals surface area (Å²) in [5.41, 5.74) is 1.32. The molecule has 0 heterocycles. The molecule has 0 aromatic rings. The van der Waals surface area contributed by atoms with Crippen LogP contribution in [0.4, 0.5) is 0 Å². The number of aliphatic hydroxyl groups excluding tert-OH is 1. The predicted octanol–water partition coefficient (Wildman–Crippen LogP) is 4.30. The van der Waals surface area contributed by atoms with E-state index in [0.29, 0.717) is 28.4 Å². The second kappa shape index (κ2) is 7.61. The second-order valence-electron chi connectivity index (χ2n) is 9.29. The third-order valence-corrected chi connectivity index (χ3v) is 8.45. The van der Waals surface area contributed by atoms with Gasteiger partial charge < -0.3 is 9.53 Å². The molecule has 21 heavy (non-hydrogen) atoms. The maximum absolute atomic E-state index is 9.71. The molecule has 0 spiro atoms. The lowest BCUT2D eigenvalue weighted by atomic mass is 9.77. The highest BCUT2D eigenvalue weighted by Gasteiger charge is 2.37. The first kappa shape index (κ1) is 19.2. The molecule has 0 saturated heterocycles. The molecule has 0 amide bonds. The normalized spacial score (nSPS) is 26.7. The quantitative estimate of drug-likeness (QED) is 0.767. The van der Waals surface area contributed by atoms with Gasteiger partial charge in [0.1, 0.15) is 0 Å². The van der Waals surface area contributed by atoms with Gasteiger partial charge in [-0.25, -0.2) is 0 Å². The fraction of sp³-hybridized carbons (Fsp3) is 1.00. The first-order valence-corrected chi connectivity index (χ1v) is 10.2. The average Bonchev–Trinajstić information content (AvgIpc) is 2.27. The minimum Gasteiger partial charge on any atom is -0.421 e. The lowest BCUT2D eigenvalue weighted by Gasteiger charge is -2.42. The Bertz CT molecular complexity index is 287. The highest BCUT2D eigenvalue weighted by molar-refractivity contribution is 6.30. The smallest absolute Gasteiger partial charge is 0.166 e. The Morgan fingerprint density at radius 2 is 1.57 bits per heavy atom. The molecular formula is C18H38O2Si. The van der Waals surface area contributed by atoms with E-state index >= 15 is 0 Å². The van der Waals surface area contributed by atoms with Crippen LogP contribution >= 0.6 is 0 Å². The topological polar surface area (TPSA) is 29.5 Å². The zero-order valence-electron chi connectivity index (χ0n) is 15.4. The molecule has 0 radical (unpaired) electrons. The van der Waals surface area contributed by atoms with Crippen LogP contribution in [-0.2, 0) is 4.43 Å². The van der Waals surface area contributed by atoms with Crippen molar-refractivity contribution in [3.05, 3.63) is 0 Å². The number of hydrogen-bond donors (Lipinski definition) is 1. The molecule has 2 nitrogen and oxygen atoms in total. The van der Waals surface area contributed by atoms with E-state index in [2.05, 4.69) is 41.5 Å². The van der Waals surface area contributed by atoms with Gasteiger partial charge in [-0.1, -0.05) is 54.4 Å². The van der Waals surface area contributed by atoms with Crippen LogP contribution in [0, 0.1) is 16.7 Å². The number of rotatable bonds is 5.